The van der Waals surface area contributed by atoms with Crippen molar-refractivity contribution in [2.75, 3.05) is 13.2 Å². The van der Waals surface area contributed by atoms with Gasteiger partial charge in [-0.15, -0.1) is 0 Å². The van der Waals surface area contributed by atoms with Gasteiger partial charge in [-0.2, -0.15) is 0 Å². The summed E-state index contributed by atoms with van der Waals surface area (Å²) in [5, 5.41) is 23.3. The molecule has 2 unspecified atom stereocenters. The Hall–Kier alpha value is -1.40. The first-order valence-electron chi connectivity index (χ1n) is 29.4. The number of aliphatic hydroxyl groups excluding tert-OH is 2. The lowest BCUT2D eigenvalue weighted by atomic mass is 10.0. The highest BCUT2D eigenvalue weighted by molar-refractivity contribution is 5.76. The Morgan fingerprint density at radius 3 is 1.09 bits per heavy atom. The third-order valence-corrected chi connectivity index (χ3v) is 13.8. The fraction of sp³-hybridized carbons (Fsp3) is 0.932. The van der Waals surface area contributed by atoms with E-state index in [0.717, 1.165) is 77.0 Å². The number of nitrogens with one attached hydrogen (secondary N) is 1. The second-order valence-corrected chi connectivity index (χ2v) is 20.3. The Bertz CT molecular complexity index is 970. The molecule has 386 valence electrons. The normalized spacial score (nSPS) is 12.6. The molecule has 0 rings (SSSR count). The van der Waals surface area contributed by atoms with Crippen molar-refractivity contribution in [3.8, 4) is 0 Å². The van der Waals surface area contributed by atoms with Crippen molar-refractivity contribution < 1.29 is 24.5 Å². The van der Waals surface area contributed by atoms with Crippen molar-refractivity contribution in [3.63, 3.8) is 0 Å². The van der Waals surface area contributed by atoms with Crippen molar-refractivity contribution >= 4 is 11.9 Å². The molecule has 0 aromatic heterocycles. The van der Waals surface area contributed by atoms with Gasteiger partial charge in [-0.3, -0.25) is 9.59 Å². The standard InChI is InChI=1S/C59H115NO5/c1-3-5-7-9-11-13-15-17-19-20-21-22-23-24-25-27-28-31-35-39-43-47-51-57(62)56(55-61)60-58(63)52-48-44-40-36-32-30-34-38-42-46-50-54-65-59(64)53-49-45-41-37-33-29-26-18-16-14-12-10-8-6-4-2/h34,38,56-57,61-62H,3-33,35-37,39-55H2,1-2H3,(H,60,63)/b38-34-. The smallest absolute Gasteiger partial charge is 0.305 e. The SMILES string of the molecule is CCCCCCCCCCCCCCCCCCCCCCCCC(O)C(CO)NC(=O)CCCCCCC/C=C\CCCCOC(=O)CCCCCCCCCCCCCCCCC. The van der Waals surface area contributed by atoms with Crippen molar-refractivity contribution in [2.24, 2.45) is 0 Å². The summed E-state index contributed by atoms with van der Waals surface area (Å²) in [5.74, 6) is -0.0872. The van der Waals surface area contributed by atoms with Gasteiger partial charge in [0.15, 0.2) is 0 Å². The van der Waals surface area contributed by atoms with Crippen molar-refractivity contribution in [2.45, 2.75) is 341 Å². The first-order valence-corrected chi connectivity index (χ1v) is 29.4. The lowest BCUT2D eigenvalue weighted by molar-refractivity contribution is -0.143. The van der Waals surface area contributed by atoms with Gasteiger partial charge in [-0.1, -0.05) is 276 Å². The molecular formula is C59H115NO5. The zero-order valence-corrected chi connectivity index (χ0v) is 44.0. The monoisotopic (exact) mass is 918 g/mol. The maximum Gasteiger partial charge on any atom is 0.305 e. The number of carbonyl (C=O) groups excluding carboxylic acids is 2. The van der Waals surface area contributed by atoms with Gasteiger partial charge in [0.05, 0.1) is 25.4 Å². The summed E-state index contributed by atoms with van der Waals surface area (Å²) < 4.78 is 5.45. The minimum atomic E-state index is -0.682. The quantitative estimate of drug-likeness (QED) is 0.0321. The Morgan fingerprint density at radius 2 is 0.723 bits per heavy atom. The van der Waals surface area contributed by atoms with Crippen LogP contribution in [0.5, 0.6) is 0 Å². The van der Waals surface area contributed by atoms with Gasteiger partial charge in [0.2, 0.25) is 5.91 Å². The summed E-state index contributed by atoms with van der Waals surface area (Å²) in [5.41, 5.74) is 0. The third kappa shape index (κ3) is 51.8. The van der Waals surface area contributed by atoms with Gasteiger partial charge in [-0.25, -0.2) is 0 Å². The van der Waals surface area contributed by atoms with Gasteiger partial charge in [0.25, 0.3) is 0 Å². The molecule has 0 saturated heterocycles. The molecule has 0 aromatic rings. The van der Waals surface area contributed by atoms with E-state index in [1.807, 2.05) is 0 Å². The molecule has 1 amide bonds. The first-order chi connectivity index (χ1) is 32.0. The Balaban J connectivity index is 3.48. The van der Waals surface area contributed by atoms with Crippen LogP contribution in [0, 0.1) is 0 Å². The van der Waals surface area contributed by atoms with Crippen LogP contribution >= 0.6 is 0 Å². The van der Waals surface area contributed by atoms with Crippen LogP contribution in [0.15, 0.2) is 12.2 Å². The van der Waals surface area contributed by atoms with Crippen LogP contribution in [0.3, 0.4) is 0 Å². The van der Waals surface area contributed by atoms with E-state index in [1.54, 1.807) is 0 Å². The molecule has 2 atom stereocenters. The number of carbonyl (C=O) groups is 2. The van der Waals surface area contributed by atoms with Crippen molar-refractivity contribution in [3.05, 3.63) is 12.2 Å². The van der Waals surface area contributed by atoms with Gasteiger partial charge in [-0.05, 0) is 51.4 Å². The molecular weight excluding hydrogens is 803 g/mol. The van der Waals surface area contributed by atoms with E-state index in [0.29, 0.717) is 25.9 Å². The summed E-state index contributed by atoms with van der Waals surface area (Å²) in [6.07, 6.45) is 64.9. The van der Waals surface area contributed by atoms with Crippen LogP contribution in [-0.2, 0) is 14.3 Å². The minimum Gasteiger partial charge on any atom is -0.466 e. The highest BCUT2D eigenvalue weighted by Crippen LogP contribution is 2.18. The molecule has 0 radical (unpaired) electrons. The number of unbranched alkanes of at least 4 members (excludes halogenated alkanes) is 42. The number of aliphatic hydroxyl groups is 2. The molecule has 0 bridgehead atoms. The molecule has 65 heavy (non-hydrogen) atoms. The zero-order chi connectivity index (χ0) is 47.2. The number of ether oxygens (including phenoxy) is 1. The van der Waals surface area contributed by atoms with Crippen LogP contribution in [0.25, 0.3) is 0 Å². The molecule has 0 fully saturated rings. The molecule has 0 aliphatic rings. The second kappa shape index (κ2) is 55.2. The molecule has 0 spiro atoms. The van der Waals surface area contributed by atoms with Crippen LogP contribution in [0.1, 0.15) is 328 Å². The second-order valence-electron chi connectivity index (χ2n) is 20.3. The van der Waals surface area contributed by atoms with Gasteiger partial charge in [0.1, 0.15) is 0 Å². The largest absolute Gasteiger partial charge is 0.466 e. The van der Waals surface area contributed by atoms with Crippen LogP contribution < -0.4 is 5.32 Å². The molecule has 3 N–H and O–H groups in total. The topological polar surface area (TPSA) is 95.9 Å². The molecule has 6 heteroatoms. The molecule has 6 nitrogen and oxygen atoms in total. The van der Waals surface area contributed by atoms with Crippen LogP contribution in [0.4, 0.5) is 0 Å². The van der Waals surface area contributed by atoms with Gasteiger partial charge < -0.3 is 20.3 Å². The Morgan fingerprint density at radius 1 is 0.415 bits per heavy atom. The summed E-state index contributed by atoms with van der Waals surface area (Å²) in [6, 6.07) is -0.562. The summed E-state index contributed by atoms with van der Waals surface area (Å²) in [4.78, 5) is 24.5. The van der Waals surface area contributed by atoms with E-state index in [9.17, 15) is 19.8 Å². The minimum absolute atomic E-state index is 0.0272. The van der Waals surface area contributed by atoms with E-state index in [-0.39, 0.29) is 18.5 Å². The molecule has 0 aliphatic heterocycles. The summed E-state index contributed by atoms with van der Waals surface area (Å²) in [7, 11) is 0. The van der Waals surface area contributed by atoms with Gasteiger partial charge >= 0.3 is 5.97 Å². The number of amides is 1. The Kier molecular flexibility index (Phi) is 54.0. The van der Waals surface area contributed by atoms with E-state index in [2.05, 4.69) is 31.3 Å². The fourth-order valence-corrected chi connectivity index (χ4v) is 9.28. The van der Waals surface area contributed by atoms with Gasteiger partial charge in [0, 0.05) is 12.8 Å². The maximum atomic E-state index is 12.5. The van der Waals surface area contributed by atoms with E-state index >= 15 is 0 Å². The molecule has 0 aliphatic carbocycles. The number of rotatable bonds is 55. The average Bonchev–Trinajstić information content (AvgIpc) is 3.31. The number of esters is 1. The average molecular weight is 919 g/mol. The highest BCUT2D eigenvalue weighted by Gasteiger charge is 2.20. The molecule has 0 aromatic carbocycles. The predicted octanol–water partition coefficient (Wildman–Crippen LogP) is 18.1. The zero-order valence-electron chi connectivity index (χ0n) is 44.0. The number of hydrogen-bond donors (Lipinski definition) is 3. The summed E-state index contributed by atoms with van der Waals surface area (Å²) >= 11 is 0. The third-order valence-electron chi connectivity index (χ3n) is 13.8. The van der Waals surface area contributed by atoms with Crippen molar-refractivity contribution in [1.29, 1.82) is 0 Å². The Labute approximate surface area is 406 Å². The van der Waals surface area contributed by atoms with Crippen molar-refractivity contribution in [1.82, 2.24) is 5.32 Å². The molecule has 0 heterocycles. The highest BCUT2D eigenvalue weighted by atomic mass is 16.5. The molecule has 0 saturated carbocycles. The lowest BCUT2D eigenvalue weighted by Gasteiger charge is -2.22. The first kappa shape index (κ1) is 63.6. The van der Waals surface area contributed by atoms with Crippen LogP contribution in [-0.4, -0.2) is 47.4 Å². The number of hydrogen-bond acceptors (Lipinski definition) is 5. The van der Waals surface area contributed by atoms with E-state index in [1.165, 1.54) is 218 Å². The predicted molar refractivity (Wildman–Crippen MR) is 283 cm³/mol. The maximum absolute atomic E-state index is 12.5. The lowest BCUT2D eigenvalue weighted by Crippen LogP contribution is -2.45. The summed E-state index contributed by atoms with van der Waals surface area (Å²) in [6.45, 7) is 4.90. The van der Waals surface area contributed by atoms with Crippen LogP contribution in [0.2, 0.25) is 0 Å². The number of allylic oxidation sites excluding steroid dienone is 2. The van der Waals surface area contributed by atoms with E-state index in [4.69, 9.17) is 4.74 Å². The fourth-order valence-electron chi connectivity index (χ4n) is 9.28. The van der Waals surface area contributed by atoms with E-state index < -0.39 is 12.1 Å².